The Hall–Kier alpha value is -1.68. The zero-order chi connectivity index (χ0) is 13.7. The first-order chi connectivity index (χ1) is 9.16. The highest BCUT2D eigenvalue weighted by molar-refractivity contribution is 9.10. The third-order valence-electron chi connectivity index (χ3n) is 2.93. The lowest BCUT2D eigenvalue weighted by atomic mass is 10.1. The third-order valence-corrected chi connectivity index (χ3v) is 3.40. The molecule has 98 valence electrons. The number of benzene rings is 1. The van der Waals surface area contributed by atoms with Crippen molar-refractivity contribution < 1.29 is 4.79 Å². The van der Waals surface area contributed by atoms with Crippen molar-refractivity contribution >= 4 is 21.8 Å². The summed E-state index contributed by atoms with van der Waals surface area (Å²) in [6.07, 6.45) is 2.40. The minimum absolute atomic E-state index is 0.0893. The Bertz CT molecular complexity index is 567. The van der Waals surface area contributed by atoms with Gasteiger partial charge in [0.15, 0.2) is 0 Å². The molecule has 0 fully saturated rings. The number of carbonyl (C=O) groups is 1. The maximum absolute atomic E-state index is 11.9. The van der Waals surface area contributed by atoms with Crippen molar-refractivity contribution in [3.8, 4) is 0 Å². The molecule has 0 saturated carbocycles. The summed E-state index contributed by atoms with van der Waals surface area (Å²) in [4.78, 5) is 15.9. The van der Waals surface area contributed by atoms with Crippen LogP contribution in [0.3, 0.4) is 0 Å². The van der Waals surface area contributed by atoms with E-state index in [1.54, 1.807) is 18.3 Å². The summed E-state index contributed by atoms with van der Waals surface area (Å²) in [5.74, 6) is -0.0893. The predicted octanol–water partition coefficient (Wildman–Crippen LogP) is 3.13. The Balaban J connectivity index is 1.88. The fraction of sp³-hybridized carbons (Fsp3) is 0.200. The number of aromatic nitrogens is 1. The molecule has 0 saturated heterocycles. The van der Waals surface area contributed by atoms with E-state index in [-0.39, 0.29) is 5.91 Å². The Morgan fingerprint density at radius 1 is 1.26 bits per heavy atom. The summed E-state index contributed by atoms with van der Waals surface area (Å²) in [7, 11) is 0. The van der Waals surface area contributed by atoms with Gasteiger partial charge in [-0.3, -0.25) is 4.79 Å². The second-order valence-corrected chi connectivity index (χ2v) is 5.11. The molecular weight excluding hydrogens is 304 g/mol. The van der Waals surface area contributed by atoms with E-state index in [1.807, 2.05) is 12.1 Å². The topological polar surface area (TPSA) is 42.0 Å². The lowest BCUT2D eigenvalue weighted by Crippen LogP contribution is -2.25. The molecule has 3 nitrogen and oxygen atoms in total. The molecule has 0 unspecified atom stereocenters. The summed E-state index contributed by atoms with van der Waals surface area (Å²) < 4.78 is 0.726. The van der Waals surface area contributed by atoms with Crippen molar-refractivity contribution in [2.45, 2.75) is 13.3 Å². The van der Waals surface area contributed by atoms with Crippen LogP contribution in [-0.4, -0.2) is 17.4 Å². The van der Waals surface area contributed by atoms with Crippen LogP contribution in [0.4, 0.5) is 0 Å². The van der Waals surface area contributed by atoms with Gasteiger partial charge >= 0.3 is 0 Å². The zero-order valence-electron chi connectivity index (χ0n) is 10.7. The largest absolute Gasteiger partial charge is 0.352 e. The van der Waals surface area contributed by atoms with Crippen molar-refractivity contribution in [1.82, 2.24) is 10.3 Å². The first-order valence-electron chi connectivity index (χ1n) is 6.11. The molecule has 2 rings (SSSR count). The van der Waals surface area contributed by atoms with E-state index in [0.717, 1.165) is 11.0 Å². The van der Waals surface area contributed by atoms with Crippen LogP contribution in [0.15, 0.2) is 47.2 Å². The summed E-state index contributed by atoms with van der Waals surface area (Å²) in [5, 5.41) is 2.90. The second-order valence-electron chi connectivity index (χ2n) is 4.30. The van der Waals surface area contributed by atoms with E-state index < -0.39 is 0 Å². The highest BCUT2D eigenvalue weighted by atomic mass is 79.9. The van der Waals surface area contributed by atoms with Crippen LogP contribution < -0.4 is 5.32 Å². The fourth-order valence-corrected chi connectivity index (χ4v) is 2.05. The number of amides is 1. The molecule has 0 spiro atoms. The van der Waals surface area contributed by atoms with Crippen LogP contribution in [0, 0.1) is 6.92 Å². The molecule has 0 atom stereocenters. The van der Waals surface area contributed by atoms with Crippen LogP contribution in [-0.2, 0) is 6.42 Å². The molecule has 1 amide bonds. The second kappa shape index (κ2) is 6.48. The lowest BCUT2D eigenvalue weighted by molar-refractivity contribution is 0.0953. The van der Waals surface area contributed by atoms with Crippen LogP contribution in [0.25, 0.3) is 0 Å². The SMILES string of the molecule is Cc1ccccc1CCNC(=O)c1ccc(Br)nc1. The summed E-state index contributed by atoms with van der Waals surface area (Å²) >= 11 is 3.24. The van der Waals surface area contributed by atoms with Gasteiger partial charge in [-0.2, -0.15) is 0 Å². The predicted molar refractivity (Wildman–Crippen MR) is 79.2 cm³/mol. The molecule has 0 bridgehead atoms. The summed E-state index contributed by atoms with van der Waals surface area (Å²) in [6, 6.07) is 11.7. The number of aryl methyl sites for hydroxylation is 1. The Kier molecular flexibility index (Phi) is 4.68. The molecule has 0 aliphatic carbocycles. The van der Waals surface area contributed by atoms with Gasteiger partial charge in [0.1, 0.15) is 4.60 Å². The van der Waals surface area contributed by atoms with E-state index in [9.17, 15) is 4.79 Å². The van der Waals surface area contributed by atoms with Gasteiger partial charge in [-0.05, 0) is 52.5 Å². The molecule has 2 aromatic rings. The number of carbonyl (C=O) groups excluding carboxylic acids is 1. The van der Waals surface area contributed by atoms with E-state index in [1.165, 1.54) is 11.1 Å². The molecule has 0 aliphatic heterocycles. The van der Waals surface area contributed by atoms with Crippen molar-refractivity contribution in [3.63, 3.8) is 0 Å². The van der Waals surface area contributed by atoms with E-state index >= 15 is 0 Å². The first kappa shape index (κ1) is 13.7. The van der Waals surface area contributed by atoms with Crippen LogP contribution >= 0.6 is 15.9 Å². The monoisotopic (exact) mass is 318 g/mol. The zero-order valence-corrected chi connectivity index (χ0v) is 12.3. The number of rotatable bonds is 4. The molecule has 1 heterocycles. The fourth-order valence-electron chi connectivity index (χ4n) is 1.81. The molecule has 19 heavy (non-hydrogen) atoms. The average Bonchev–Trinajstić information content (AvgIpc) is 2.41. The van der Waals surface area contributed by atoms with E-state index in [0.29, 0.717) is 12.1 Å². The van der Waals surface area contributed by atoms with Gasteiger partial charge in [-0.15, -0.1) is 0 Å². The number of nitrogens with one attached hydrogen (secondary N) is 1. The van der Waals surface area contributed by atoms with Crippen molar-refractivity contribution in [2.24, 2.45) is 0 Å². The van der Waals surface area contributed by atoms with Crippen molar-refractivity contribution in [1.29, 1.82) is 0 Å². The summed E-state index contributed by atoms with van der Waals surface area (Å²) in [6.45, 7) is 2.70. The van der Waals surface area contributed by atoms with E-state index in [4.69, 9.17) is 0 Å². The van der Waals surface area contributed by atoms with E-state index in [2.05, 4.69) is 45.3 Å². The standard InChI is InChI=1S/C15H15BrN2O/c1-11-4-2-3-5-12(11)8-9-17-15(19)13-6-7-14(16)18-10-13/h2-7,10H,8-9H2,1H3,(H,17,19). The molecule has 1 aromatic heterocycles. The van der Waals surface area contributed by atoms with Gasteiger partial charge in [0, 0.05) is 12.7 Å². The normalized spacial score (nSPS) is 10.2. The van der Waals surface area contributed by atoms with Crippen molar-refractivity contribution in [2.75, 3.05) is 6.54 Å². The maximum atomic E-state index is 11.9. The van der Waals surface area contributed by atoms with Gasteiger partial charge in [0.05, 0.1) is 5.56 Å². The van der Waals surface area contributed by atoms with Gasteiger partial charge in [-0.1, -0.05) is 24.3 Å². The number of hydrogen-bond acceptors (Lipinski definition) is 2. The van der Waals surface area contributed by atoms with Crippen LogP contribution in [0.2, 0.25) is 0 Å². The highest BCUT2D eigenvalue weighted by Gasteiger charge is 2.05. The number of nitrogens with zero attached hydrogens (tertiary/aromatic N) is 1. The molecular formula is C15H15BrN2O. The number of halogens is 1. The number of pyridine rings is 1. The minimum atomic E-state index is -0.0893. The quantitative estimate of drug-likeness (QED) is 0.880. The molecule has 1 N–H and O–H groups in total. The van der Waals surface area contributed by atoms with Crippen molar-refractivity contribution in [3.05, 3.63) is 63.9 Å². The van der Waals surface area contributed by atoms with Gasteiger partial charge in [0.25, 0.3) is 5.91 Å². The maximum Gasteiger partial charge on any atom is 0.252 e. The summed E-state index contributed by atoms with van der Waals surface area (Å²) in [5.41, 5.74) is 3.09. The average molecular weight is 319 g/mol. The molecule has 0 radical (unpaired) electrons. The van der Waals surface area contributed by atoms with Gasteiger partial charge in [-0.25, -0.2) is 4.98 Å². The van der Waals surface area contributed by atoms with Crippen LogP contribution in [0.5, 0.6) is 0 Å². The lowest BCUT2D eigenvalue weighted by Gasteiger charge is -2.07. The Morgan fingerprint density at radius 2 is 2.05 bits per heavy atom. The molecule has 4 heteroatoms. The first-order valence-corrected chi connectivity index (χ1v) is 6.90. The Morgan fingerprint density at radius 3 is 2.74 bits per heavy atom. The Labute approximate surface area is 121 Å². The van der Waals surface area contributed by atoms with Crippen LogP contribution in [0.1, 0.15) is 21.5 Å². The highest BCUT2D eigenvalue weighted by Crippen LogP contribution is 2.08. The minimum Gasteiger partial charge on any atom is -0.352 e. The molecule has 0 aliphatic rings. The third kappa shape index (κ3) is 3.89. The molecule has 1 aromatic carbocycles. The number of hydrogen-bond donors (Lipinski definition) is 1. The van der Waals surface area contributed by atoms with Gasteiger partial charge < -0.3 is 5.32 Å². The smallest absolute Gasteiger partial charge is 0.252 e. The van der Waals surface area contributed by atoms with Gasteiger partial charge in [0.2, 0.25) is 0 Å².